The molecule has 1 saturated heterocycles. The van der Waals surface area contributed by atoms with Crippen LogP contribution in [0.3, 0.4) is 0 Å². The summed E-state index contributed by atoms with van der Waals surface area (Å²) in [5, 5.41) is 14.8. The summed E-state index contributed by atoms with van der Waals surface area (Å²) in [5.74, 6) is -1.34. The maximum absolute atomic E-state index is 12.0. The standard InChI is InChI=1S/C14H20N2O4S/c1-2-12-15-10(8-21-12)7-11(17)16-13(14(18)19)9-3-5-20-6-4-9/h8-9,13H,2-7H2,1H3,(H,16,17)(H,18,19). The van der Waals surface area contributed by atoms with Crippen LogP contribution in [0.25, 0.3) is 0 Å². The van der Waals surface area contributed by atoms with Crippen molar-refractivity contribution in [2.75, 3.05) is 13.2 Å². The van der Waals surface area contributed by atoms with E-state index in [9.17, 15) is 14.7 Å². The van der Waals surface area contributed by atoms with Crippen molar-refractivity contribution in [2.24, 2.45) is 5.92 Å². The maximum atomic E-state index is 12.0. The molecule has 0 aromatic carbocycles. The van der Waals surface area contributed by atoms with E-state index in [4.69, 9.17) is 4.74 Å². The third-order valence-corrected chi connectivity index (χ3v) is 4.61. The van der Waals surface area contributed by atoms with E-state index >= 15 is 0 Å². The molecule has 2 heterocycles. The quantitative estimate of drug-likeness (QED) is 0.825. The summed E-state index contributed by atoms with van der Waals surface area (Å²) in [6.45, 7) is 3.11. The van der Waals surface area contributed by atoms with Gasteiger partial charge in [0.25, 0.3) is 0 Å². The first-order valence-corrected chi connectivity index (χ1v) is 8.01. The van der Waals surface area contributed by atoms with Crippen molar-refractivity contribution in [1.29, 1.82) is 0 Å². The highest BCUT2D eigenvalue weighted by atomic mass is 32.1. The summed E-state index contributed by atoms with van der Waals surface area (Å²) >= 11 is 1.52. The molecular weight excluding hydrogens is 292 g/mol. The van der Waals surface area contributed by atoms with Crippen LogP contribution in [0.15, 0.2) is 5.38 Å². The number of aromatic nitrogens is 1. The third-order valence-electron chi connectivity index (χ3n) is 3.56. The Morgan fingerprint density at radius 2 is 2.24 bits per heavy atom. The molecule has 0 saturated carbocycles. The van der Waals surface area contributed by atoms with Gasteiger partial charge < -0.3 is 15.2 Å². The van der Waals surface area contributed by atoms with E-state index in [1.54, 1.807) is 0 Å². The Kier molecular flexibility index (Phi) is 5.69. The minimum Gasteiger partial charge on any atom is -0.480 e. The van der Waals surface area contributed by atoms with Crippen molar-refractivity contribution in [3.05, 3.63) is 16.1 Å². The van der Waals surface area contributed by atoms with Crippen LogP contribution in [0.2, 0.25) is 0 Å². The van der Waals surface area contributed by atoms with E-state index in [-0.39, 0.29) is 18.2 Å². The van der Waals surface area contributed by atoms with Gasteiger partial charge in [0.2, 0.25) is 5.91 Å². The summed E-state index contributed by atoms with van der Waals surface area (Å²) in [6.07, 6.45) is 2.29. The molecule has 6 nitrogen and oxygen atoms in total. The van der Waals surface area contributed by atoms with Crippen molar-refractivity contribution in [3.63, 3.8) is 0 Å². The molecule has 0 spiro atoms. The maximum Gasteiger partial charge on any atom is 0.326 e. The molecule has 0 aliphatic carbocycles. The fraction of sp³-hybridized carbons (Fsp3) is 0.643. The van der Waals surface area contributed by atoms with E-state index in [0.717, 1.165) is 11.4 Å². The molecular formula is C14H20N2O4S. The molecule has 2 rings (SSSR count). The van der Waals surface area contributed by atoms with E-state index in [1.807, 2.05) is 12.3 Å². The zero-order valence-corrected chi connectivity index (χ0v) is 12.8. The first-order valence-electron chi connectivity index (χ1n) is 7.13. The summed E-state index contributed by atoms with van der Waals surface area (Å²) in [6, 6.07) is -0.842. The summed E-state index contributed by atoms with van der Waals surface area (Å²) < 4.78 is 5.23. The number of nitrogens with one attached hydrogen (secondary N) is 1. The first-order chi connectivity index (χ1) is 10.1. The Morgan fingerprint density at radius 1 is 1.52 bits per heavy atom. The lowest BCUT2D eigenvalue weighted by Gasteiger charge is -2.28. The molecule has 1 aliphatic rings. The molecule has 0 bridgehead atoms. The second-order valence-electron chi connectivity index (χ2n) is 5.10. The number of aryl methyl sites for hydroxylation is 1. The van der Waals surface area contributed by atoms with Gasteiger partial charge in [-0.25, -0.2) is 9.78 Å². The zero-order chi connectivity index (χ0) is 15.2. The molecule has 1 fully saturated rings. The van der Waals surface area contributed by atoms with Crippen molar-refractivity contribution in [3.8, 4) is 0 Å². The Hall–Kier alpha value is -1.47. The van der Waals surface area contributed by atoms with Crippen LogP contribution < -0.4 is 5.32 Å². The van der Waals surface area contributed by atoms with Gasteiger partial charge in [-0.3, -0.25) is 4.79 Å². The van der Waals surface area contributed by atoms with Crippen molar-refractivity contribution in [1.82, 2.24) is 10.3 Å². The van der Waals surface area contributed by atoms with Crippen LogP contribution in [0.1, 0.15) is 30.5 Å². The number of thiazole rings is 1. The third kappa shape index (κ3) is 4.50. The second-order valence-corrected chi connectivity index (χ2v) is 6.04. The summed E-state index contributed by atoms with van der Waals surface area (Å²) in [7, 11) is 0. The predicted molar refractivity (Wildman–Crippen MR) is 78.3 cm³/mol. The van der Waals surface area contributed by atoms with Gasteiger partial charge in [0.15, 0.2) is 0 Å². The second kappa shape index (κ2) is 7.51. The number of carbonyl (C=O) groups is 2. The van der Waals surface area contributed by atoms with Gasteiger partial charge in [-0.05, 0) is 25.2 Å². The van der Waals surface area contributed by atoms with Gasteiger partial charge in [0, 0.05) is 18.6 Å². The summed E-state index contributed by atoms with van der Waals surface area (Å²) in [5.41, 5.74) is 0.700. The number of carbonyl (C=O) groups excluding carboxylic acids is 1. The molecule has 1 aromatic rings. The Balaban J connectivity index is 1.92. The topological polar surface area (TPSA) is 88.5 Å². The van der Waals surface area contributed by atoms with Crippen molar-refractivity contribution >= 4 is 23.2 Å². The van der Waals surface area contributed by atoms with Crippen molar-refractivity contribution < 1.29 is 19.4 Å². The minimum absolute atomic E-state index is 0.0677. The fourth-order valence-corrected chi connectivity index (χ4v) is 3.16. The molecule has 2 N–H and O–H groups in total. The van der Waals surface area contributed by atoms with E-state index in [0.29, 0.717) is 31.7 Å². The molecule has 1 aliphatic heterocycles. The molecule has 1 amide bonds. The number of amides is 1. The first kappa shape index (κ1) is 15.9. The average Bonchev–Trinajstić information content (AvgIpc) is 2.93. The van der Waals surface area contributed by atoms with Gasteiger partial charge in [-0.2, -0.15) is 0 Å². The molecule has 1 unspecified atom stereocenters. The van der Waals surface area contributed by atoms with Crippen LogP contribution in [0.4, 0.5) is 0 Å². The monoisotopic (exact) mass is 312 g/mol. The van der Waals surface area contributed by atoms with Gasteiger partial charge in [-0.1, -0.05) is 6.92 Å². The van der Waals surface area contributed by atoms with Crippen LogP contribution >= 0.6 is 11.3 Å². The lowest BCUT2D eigenvalue weighted by Crippen LogP contribution is -2.48. The van der Waals surface area contributed by atoms with Crippen LogP contribution in [-0.2, 0) is 27.2 Å². The van der Waals surface area contributed by atoms with Crippen LogP contribution in [0.5, 0.6) is 0 Å². The molecule has 21 heavy (non-hydrogen) atoms. The van der Waals surface area contributed by atoms with E-state index < -0.39 is 12.0 Å². The number of hydrogen-bond donors (Lipinski definition) is 2. The van der Waals surface area contributed by atoms with Crippen LogP contribution in [0, 0.1) is 5.92 Å². The highest BCUT2D eigenvalue weighted by Crippen LogP contribution is 2.19. The zero-order valence-electron chi connectivity index (χ0n) is 12.0. The largest absolute Gasteiger partial charge is 0.480 e. The van der Waals surface area contributed by atoms with Gasteiger partial charge in [0.05, 0.1) is 17.1 Å². The number of ether oxygens (including phenoxy) is 1. The molecule has 1 aromatic heterocycles. The molecule has 116 valence electrons. The van der Waals surface area contributed by atoms with Gasteiger partial charge in [0.1, 0.15) is 6.04 Å². The van der Waals surface area contributed by atoms with E-state index in [1.165, 1.54) is 11.3 Å². The molecule has 1 atom stereocenters. The number of carboxylic acids is 1. The normalized spacial score (nSPS) is 17.4. The number of aliphatic carboxylic acids is 1. The van der Waals surface area contributed by atoms with Gasteiger partial charge >= 0.3 is 5.97 Å². The number of rotatable bonds is 6. The SMILES string of the molecule is CCc1nc(CC(=O)NC(C(=O)O)C2CCOCC2)cs1. The van der Waals surface area contributed by atoms with E-state index in [2.05, 4.69) is 10.3 Å². The molecule has 0 radical (unpaired) electrons. The van der Waals surface area contributed by atoms with Gasteiger partial charge in [-0.15, -0.1) is 11.3 Å². The average molecular weight is 312 g/mol. The Morgan fingerprint density at radius 3 is 2.81 bits per heavy atom. The predicted octanol–water partition coefficient (Wildman–Crippen LogP) is 1.24. The number of carboxylic acid groups (broad SMARTS) is 1. The lowest BCUT2D eigenvalue weighted by molar-refractivity contribution is -0.144. The number of nitrogens with zero attached hydrogens (tertiary/aromatic N) is 1. The van der Waals surface area contributed by atoms with Crippen molar-refractivity contribution in [2.45, 2.75) is 38.6 Å². The summed E-state index contributed by atoms with van der Waals surface area (Å²) in [4.78, 5) is 27.7. The highest BCUT2D eigenvalue weighted by molar-refractivity contribution is 7.09. The smallest absolute Gasteiger partial charge is 0.326 e. The highest BCUT2D eigenvalue weighted by Gasteiger charge is 2.31. The lowest BCUT2D eigenvalue weighted by atomic mass is 9.91. The number of hydrogen-bond acceptors (Lipinski definition) is 5. The Bertz CT molecular complexity index is 497. The Labute approximate surface area is 127 Å². The minimum atomic E-state index is -0.984. The molecule has 7 heteroatoms. The van der Waals surface area contributed by atoms with Crippen LogP contribution in [-0.4, -0.2) is 41.2 Å². The fourth-order valence-electron chi connectivity index (χ4n) is 2.41.